The van der Waals surface area contributed by atoms with Crippen molar-refractivity contribution >= 4 is 17.4 Å². The summed E-state index contributed by atoms with van der Waals surface area (Å²) in [5.74, 6) is 0.812. The Hall–Kier alpha value is -2.05. The Labute approximate surface area is 140 Å². The number of benzene rings is 1. The molecule has 0 saturated heterocycles. The quantitative estimate of drug-likeness (QED) is 0.728. The highest BCUT2D eigenvalue weighted by molar-refractivity contribution is 7.07. The molecule has 2 rings (SSSR count). The van der Waals surface area contributed by atoms with Crippen LogP contribution in [-0.2, 0) is 0 Å². The molecule has 5 nitrogen and oxygen atoms in total. The summed E-state index contributed by atoms with van der Waals surface area (Å²) in [5, 5.41) is 19.2. The first-order valence-corrected chi connectivity index (χ1v) is 8.51. The summed E-state index contributed by atoms with van der Waals surface area (Å²) in [6.07, 6.45) is -0.687. The number of carbonyl (C=O) groups excluding carboxylic acids is 1. The van der Waals surface area contributed by atoms with Crippen LogP contribution in [0.15, 0.2) is 41.1 Å². The van der Waals surface area contributed by atoms with Crippen molar-refractivity contribution in [3.05, 3.63) is 52.2 Å². The van der Waals surface area contributed by atoms with Crippen LogP contribution in [0.2, 0.25) is 0 Å². The number of hydrogen-bond acceptors (Lipinski definition) is 4. The fourth-order valence-electron chi connectivity index (χ4n) is 2.12. The Bertz CT molecular complexity index is 599. The fourth-order valence-corrected chi connectivity index (χ4v) is 2.83. The zero-order chi connectivity index (χ0) is 16.7. The topological polar surface area (TPSA) is 70.6 Å². The van der Waals surface area contributed by atoms with Crippen LogP contribution in [0.25, 0.3) is 0 Å². The fraction of sp³-hybridized carbons (Fsp3) is 0.353. The van der Waals surface area contributed by atoms with Gasteiger partial charge in [-0.2, -0.15) is 11.3 Å². The van der Waals surface area contributed by atoms with Gasteiger partial charge in [0.15, 0.2) is 0 Å². The van der Waals surface area contributed by atoms with E-state index in [9.17, 15) is 9.90 Å². The molecule has 3 N–H and O–H groups in total. The largest absolute Gasteiger partial charge is 0.494 e. The first-order chi connectivity index (χ1) is 11.1. The number of aliphatic hydroxyl groups is 1. The molecule has 0 saturated carbocycles. The minimum atomic E-state index is -0.687. The summed E-state index contributed by atoms with van der Waals surface area (Å²) in [5.41, 5.74) is 1.80. The predicted octanol–water partition coefficient (Wildman–Crippen LogP) is 3.24. The standard InChI is InChI=1S/C17H22N2O3S/c1-3-22-15-6-4-13(5-7-15)12(2)19-17(21)18-10-16(20)14-8-9-23-11-14/h4-9,11-12,16,20H,3,10H2,1-2H3,(H2,18,19,21). The molecule has 0 fully saturated rings. The van der Waals surface area contributed by atoms with E-state index in [0.29, 0.717) is 6.61 Å². The zero-order valence-electron chi connectivity index (χ0n) is 13.3. The van der Waals surface area contributed by atoms with Crippen molar-refractivity contribution < 1.29 is 14.6 Å². The lowest BCUT2D eigenvalue weighted by Crippen LogP contribution is -2.39. The van der Waals surface area contributed by atoms with Gasteiger partial charge in [-0.05, 0) is 53.9 Å². The highest BCUT2D eigenvalue weighted by atomic mass is 32.1. The Morgan fingerprint density at radius 1 is 1.26 bits per heavy atom. The number of amides is 2. The van der Waals surface area contributed by atoms with Crippen LogP contribution < -0.4 is 15.4 Å². The van der Waals surface area contributed by atoms with E-state index in [-0.39, 0.29) is 18.6 Å². The van der Waals surface area contributed by atoms with Crippen molar-refractivity contribution in [3.8, 4) is 5.75 Å². The third kappa shape index (κ3) is 5.26. The van der Waals surface area contributed by atoms with Gasteiger partial charge in [0.2, 0.25) is 0 Å². The number of hydrogen-bond donors (Lipinski definition) is 3. The minimum Gasteiger partial charge on any atom is -0.494 e. The van der Waals surface area contributed by atoms with Gasteiger partial charge in [0.1, 0.15) is 5.75 Å². The van der Waals surface area contributed by atoms with Gasteiger partial charge in [-0.3, -0.25) is 0 Å². The molecule has 0 radical (unpaired) electrons. The number of rotatable bonds is 7. The number of thiophene rings is 1. The molecule has 0 aliphatic rings. The van der Waals surface area contributed by atoms with Crippen molar-refractivity contribution in [1.29, 1.82) is 0 Å². The normalized spacial score (nSPS) is 13.2. The van der Waals surface area contributed by atoms with Crippen molar-refractivity contribution in [2.45, 2.75) is 26.0 Å². The van der Waals surface area contributed by atoms with Crippen LogP contribution >= 0.6 is 11.3 Å². The van der Waals surface area contributed by atoms with Crippen molar-refractivity contribution in [1.82, 2.24) is 10.6 Å². The summed E-state index contributed by atoms with van der Waals surface area (Å²) >= 11 is 1.52. The van der Waals surface area contributed by atoms with Crippen LogP contribution in [0, 0.1) is 0 Å². The van der Waals surface area contributed by atoms with E-state index in [1.807, 2.05) is 54.9 Å². The van der Waals surface area contributed by atoms with E-state index < -0.39 is 6.10 Å². The number of carbonyl (C=O) groups is 1. The van der Waals surface area contributed by atoms with E-state index in [1.54, 1.807) is 0 Å². The molecule has 0 aliphatic heterocycles. The van der Waals surface area contributed by atoms with Gasteiger partial charge in [-0.1, -0.05) is 12.1 Å². The number of ether oxygens (including phenoxy) is 1. The Morgan fingerprint density at radius 2 is 2.00 bits per heavy atom. The van der Waals surface area contributed by atoms with E-state index in [4.69, 9.17) is 4.74 Å². The maximum absolute atomic E-state index is 11.9. The lowest BCUT2D eigenvalue weighted by molar-refractivity contribution is 0.173. The van der Waals surface area contributed by atoms with Crippen molar-refractivity contribution in [2.75, 3.05) is 13.2 Å². The molecule has 2 amide bonds. The molecule has 0 bridgehead atoms. The monoisotopic (exact) mass is 334 g/mol. The van der Waals surface area contributed by atoms with E-state index in [0.717, 1.165) is 16.9 Å². The number of nitrogens with one attached hydrogen (secondary N) is 2. The molecule has 2 atom stereocenters. The highest BCUT2D eigenvalue weighted by Gasteiger charge is 2.12. The van der Waals surface area contributed by atoms with Crippen LogP contribution in [0.4, 0.5) is 4.79 Å². The summed E-state index contributed by atoms with van der Waals surface area (Å²) in [6.45, 7) is 4.65. The Balaban J connectivity index is 1.79. The average Bonchev–Trinajstić information content (AvgIpc) is 3.08. The second-order valence-electron chi connectivity index (χ2n) is 5.15. The van der Waals surface area contributed by atoms with Crippen LogP contribution in [0.1, 0.15) is 37.1 Å². The molecule has 23 heavy (non-hydrogen) atoms. The summed E-state index contributed by atoms with van der Waals surface area (Å²) in [6, 6.07) is 9.03. The summed E-state index contributed by atoms with van der Waals surface area (Å²) < 4.78 is 5.40. The zero-order valence-corrected chi connectivity index (χ0v) is 14.1. The second-order valence-corrected chi connectivity index (χ2v) is 5.93. The molecule has 1 heterocycles. The van der Waals surface area contributed by atoms with E-state index in [2.05, 4.69) is 10.6 Å². The van der Waals surface area contributed by atoms with Gasteiger partial charge in [0.05, 0.1) is 18.8 Å². The first-order valence-electron chi connectivity index (χ1n) is 7.57. The van der Waals surface area contributed by atoms with Gasteiger partial charge < -0.3 is 20.5 Å². The number of urea groups is 1. The van der Waals surface area contributed by atoms with Crippen LogP contribution in [0.5, 0.6) is 5.75 Å². The van der Waals surface area contributed by atoms with Crippen LogP contribution in [0.3, 0.4) is 0 Å². The second kappa shape index (κ2) is 8.55. The van der Waals surface area contributed by atoms with E-state index in [1.165, 1.54) is 11.3 Å². The number of aliphatic hydroxyl groups excluding tert-OH is 1. The summed E-state index contributed by atoms with van der Waals surface area (Å²) in [4.78, 5) is 11.9. The SMILES string of the molecule is CCOc1ccc(C(C)NC(=O)NCC(O)c2ccsc2)cc1. The third-order valence-corrected chi connectivity index (χ3v) is 4.12. The Morgan fingerprint density at radius 3 is 2.61 bits per heavy atom. The van der Waals surface area contributed by atoms with Gasteiger partial charge in [-0.15, -0.1) is 0 Å². The van der Waals surface area contributed by atoms with Gasteiger partial charge in [-0.25, -0.2) is 4.79 Å². The molecular weight excluding hydrogens is 312 g/mol. The molecule has 2 aromatic rings. The molecule has 1 aromatic heterocycles. The van der Waals surface area contributed by atoms with Gasteiger partial charge in [0, 0.05) is 6.54 Å². The lowest BCUT2D eigenvalue weighted by Gasteiger charge is -2.17. The molecule has 0 aliphatic carbocycles. The molecule has 0 spiro atoms. The Kier molecular flexibility index (Phi) is 6.43. The first kappa shape index (κ1) is 17.3. The maximum Gasteiger partial charge on any atom is 0.315 e. The third-order valence-electron chi connectivity index (χ3n) is 3.42. The minimum absolute atomic E-state index is 0.135. The van der Waals surface area contributed by atoms with Crippen LogP contribution in [-0.4, -0.2) is 24.3 Å². The maximum atomic E-state index is 11.9. The van der Waals surface area contributed by atoms with Crippen molar-refractivity contribution in [3.63, 3.8) is 0 Å². The molecule has 6 heteroatoms. The predicted molar refractivity (Wildman–Crippen MR) is 91.8 cm³/mol. The molecular formula is C17H22N2O3S. The molecule has 2 unspecified atom stereocenters. The highest BCUT2D eigenvalue weighted by Crippen LogP contribution is 2.18. The lowest BCUT2D eigenvalue weighted by atomic mass is 10.1. The van der Waals surface area contributed by atoms with Crippen molar-refractivity contribution in [2.24, 2.45) is 0 Å². The summed E-state index contributed by atoms with van der Waals surface area (Å²) in [7, 11) is 0. The van der Waals surface area contributed by atoms with E-state index >= 15 is 0 Å². The average molecular weight is 334 g/mol. The smallest absolute Gasteiger partial charge is 0.315 e. The van der Waals surface area contributed by atoms with Gasteiger partial charge in [0.25, 0.3) is 0 Å². The molecule has 1 aromatic carbocycles. The van der Waals surface area contributed by atoms with Gasteiger partial charge >= 0.3 is 6.03 Å². The molecule has 124 valence electrons.